The van der Waals surface area contributed by atoms with Crippen molar-refractivity contribution < 1.29 is 0 Å². The van der Waals surface area contributed by atoms with Gasteiger partial charge in [-0.15, -0.1) is 0 Å². The number of hydrogen-bond acceptors (Lipinski definition) is 1. The van der Waals surface area contributed by atoms with Gasteiger partial charge in [0.15, 0.2) is 0 Å². The van der Waals surface area contributed by atoms with Gasteiger partial charge in [-0.05, 0) is 18.5 Å². The Morgan fingerprint density at radius 2 is 1.92 bits per heavy atom. The van der Waals surface area contributed by atoms with E-state index >= 15 is 0 Å². The highest BCUT2D eigenvalue weighted by Gasteiger charge is 1.90. The summed E-state index contributed by atoms with van der Waals surface area (Å²) in [6, 6.07) is 10.4. The minimum atomic E-state index is 1.09. The van der Waals surface area contributed by atoms with Crippen LogP contribution in [-0.4, -0.2) is 6.54 Å². The number of benzene rings is 1. The molecule has 0 amide bonds. The van der Waals surface area contributed by atoms with Crippen molar-refractivity contribution in [3.05, 3.63) is 42.4 Å². The molecule has 0 atom stereocenters. The first-order chi connectivity index (χ1) is 6.43. The molecule has 1 nitrogen and oxygen atoms in total. The van der Waals surface area contributed by atoms with E-state index in [1.807, 2.05) is 6.07 Å². The minimum Gasteiger partial charge on any atom is -0.308 e. The van der Waals surface area contributed by atoms with Crippen LogP contribution in [0.5, 0.6) is 0 Å². The van der Waals surface area contributed by atoms with E-state index in [-0.39, 0.29) is 0 Å². The Hall–Kier alpha value is -0.820. The topological polar surface area (TPSA) is 12.0 Å². The van der Waals surface area contributed by atoms with Crippen molar-refractivity contribution in [2.75, 3.05) is 6.54 Å². The molecule has 0 saturated carbocycles. The quantitative estimate of drug-likeness (QED) is 0.657. The molecule has 1 radical (unpaired) electrons. The van der Waals surface area contributed by atoms with Crippen molar-refractivity contribution in [3.8, 4) is 0 Å². The summed E-state index contributed by atoms with van der Waals surface area (Å²) in [5.41, 5.74) is 1.25. The van der Waals surface area contributed by atoms with Crippen molar-refractivity contribution in [2.45, 2.75) is 26.2 Å². The highest BCUT2D eigenvalue weighted by Crippen LogP contribution is 1.99. The largest absolute Gasteiger partial charge is 0.308 e. The van der Waals surface area contributed by atoms with Gasteiger partial charge < -0.3 is 5.32 Å². The summed E-state index contributed by atoms with van der Waals surface area (Å²) in [5.74, 6) is 0. The summed E-state index contributed by atoms with van der Waals surface area (Å²) in [6.45, 7) is 5.39. The van der Waals surface area contributed by atoms with Gasteiger partial charge >= 0.3 is 0 Å². The maximum absolute atomic E-state index is 3.31. The smallest absolute Gasteiger partial charge is 0.0518 e. The maximum Gasteiger partial charge on any atom is 0.0518 e. The second-order valence-corrected chi connectivity index (χ2v) is 3.22. The Morgan fingerprint density at radius 3 is 2.62 bits per heavy atom. The van der Waals surface area contributed by atoms with E-state index in [1.54, 1.807) is 0 Å². The second-order valence-electron chi connectivity index (χ2n) is 3.22. The van der Waals surface area contributed by atoms with Crippen LogP contribution in [0.15, 0.2) is 30.3 Å². The zero-order valence-corrected chi connectivity index (χ0v) is 8.29. The third kappa shape index (κ3) is 4.69. The average Bonchev–Trinajstić information content (AvgIpc) is 2.19. The molecule has 0 bridgehead atoms. The molecule has 1 N–H and O–H groups in total. The normalized spacial score (nSPS) is 10.2. The molecule has 1 aromatic carbocycles. The predicted octanol–water partition coefficient (Wildman–Crippen LogP) is 2.98. The van der Waals surface area contributed by atoms with Gasteiger partial charge in [-0.25, -0.2) is 0 Å². The van der Waals surface area contributed by atoms with E-state index in [2.05, 4.69) is 43.1 Å². The molecule has 0 heterocycles. The summed E-state index contributed by atoms with van der Waals surface area (Å²) >= 11 is 0. The molecule has 0 unspecified atom stereocenters. The Bertz CT molecular complexity index is 206. The molecule has 0 saturated heterocycles. The maximum atomic E-state index is 3.31. The summed E-state index contributed by atoms with van der Waals surface area (Å²) in [7, 11) is 0. The predicted molar refractivity (Wildman–Crippen MR) is 57.4 cm³/mol. The first-order valence-electron chi connectivity index (χ1n) is 5.05. The molecule has 0 aliphatic heterocycles. The standard InChI is InChI=1S/C12H18N/c1-2-3-7-10-13-11-12-8-5-4-6-9-12/h4-6,8-9,11,13H,2-3,7,10H2,1H3. The molecule has 0 aliphatic rings. The van der Waals surface area contributed by atoms with Gasteiger partial charge in [-0.3, -0.25) is 0 Å². The first kappa shape index (κ1) is 10.3. The second kappa shape index (κ2) is 6.67. The molecule has 1 rings (SSSR count). The molecule has 1 aromatic rings. The molecule has 0 aliphatic carbocycles. The van der Waals surface area contributed by atoms with Crippen LogP contribution in [0.3, 0.4) is 0 Å². The minimum absolute atomic E-state index is 1.09. The molecule has 0 spiro atoms. The van der Waals surface area contributed by atoms with Crippen LogP contribution in [0.2, 0.25) is 0 Å². The highest BCUT2D eigenvalue weighted by molar-refractivity contribution is 5.21. The van der Waals surface area contributed by atoms with Crippen molar-refractivity contribution in [1.29, 1.82) is 0 Å². The van der Waals surface area contributed by atoms with Crippen molar-refractivity contribution >= 4 is 0 Å². The molecule has 71 valence electrons. The van der Waals surface area contributed by atoms with Crippen molar-refractivity contribution in [3.63, 3.8) is 0 Å². The average molecular weight is 176 g/mol. The lowest BCUT2D eigenvalue weighted by molar-refractivity contribution is 0.669. The molecule has 1 heteroatoms. The number of unbranched alkanes of at least 4 members (excludes halogenated alkanes) is 2. The van der Waals surface area contributed by atoms with Crippen LogP contribution >= 0.6 is 0 Å². The molecular weight excluding hydrogens is 158 g/mol. The Balaban J connectivity index is 2.07. The van der Waals surface area contributed by atoms with Gasteiger partial charge in [-0.2, -0.15) is 0 Å². The van der Waals surface area contributed by atoms with E-state index in [4.69, 9.17) is 0 Å². The highest BCUT2D eigenvalue weighted by atomic mass is 14.8. The zero-order valence-electron chi connectivity index (χ0n) is 8.29. The molecule has 0 aromatic heterocycles. The van der Waals surface area contributed by atoms with E-state index in [1.165, 1.54) is 24.8 Å². The monoisotopic (exact) mass is 176 g/mol. The number of nitrogens with one attached hydrogen (secondary N) is 1. The lowest BCUT2D eigenvalue weighted by Gasteiger charge is -2.02. The van der Waals surface area contributed by atoms with E-state index in [0.29, 0.717) is 0 Å². The summed E-state index contributed by atoms with van der Waals surface area (Å²) in [6.07, 6.45) is 3.86. The SMILES string of the molecule is CCCCCN[CH]c1ccccc1. The molecule has 0 fully saturated rings. The van der Waals surface area contributed by atoms with Gasteiger partial charge in [0.1, 0.15) is 0 Å². The van der Waals surface area contributed by atoms with E-state index in [0.717, 1.165) is 6.54 Å². The fraction of sp³-hybridized carbons (Fsp3) is 0.417. The fourth-order valence-electron chi connectivity index (χ4n) is 1.22. The third-order valence-electron chi connectivity index (χ3n) is 1.99. The fourth-order valence-corrected chi connectivity index (χ4v) is 1.22. The van der Waals surface area contributed by atoms with Gasteiger partial charge in [0.2, 0.25) is 0 Å². The van der Waals surface area contributed by atoms with Crippen molar-refractivity contribution in [2.24, 2.45) is 0 Å². The van der Waals surface area contributed by atoms with Crippen LogP contribution in [0.25, 0.3) is 0 Å². The third-order valence-corrected chi connectivity index (χ3v) is 1.99. The van der Waals surface area contributed by atoms with Crippen LogP contribution in [0.1, 0.15) is 31.7 Å². The summed E-state index contributed by atoms with van der Waals surface area (Å²) in [5, 5.41) is 3.31. The lowest BCUT2D eigenvalue weighted by Crippen LogP contribution is -2.11. The summed E-state index contributed by atoms with van der Waals surface area (Å²) < 4.78 is 0. The number of rotatable bonds is 6. The van der Waals surface area contributed by atoms with Crippen LogP contribution in [-0.2, 0) is 0 Å². The van der Waals surface area contributed by atoms with Crippen LogP contribution in [0, 0.1) is 6.54 Å². The Labute approximate surface area is 81.2 Å². The molecule has 13 heavy (non-hydrogen) atoms. The molecular formula is C12H18N. The van der Waals surface area contributed by atoms with Crippen LogP contribution < -0.4 is 5.32 Å². The van der Waals surface area contributed by atoms with E-state index in [9.17, 15) is 0 Å². The van der Waals surface area contributed by atoms with Gasteiger partial charge in [0.25, 0.3) is 0 Å². The summed E-state index contributed by atoms with van der Waals surface area (Å²) in [4.78, 5) is 0. The Morgan fingerprint density at radius 1 is 1.15 bits per heavy atom. The van der Waals surface area contributed by atoms with Gasteiger partial charge in [0.05, 0.1) is 6.54 Å². The number of hydrogen-bond donors (Lipinski definition) is 1. The van der Waals surface area contributed by atoms with Crippen LogP contribution in [0.4, 0.5) is 0 Å². The lowest BCUT2D eigenvalue weighted by atomic mass is 10.2. The first-order valence-corrected chi connectivity index (χ1v) is 5.05. The van der Waals surface area contributed by atoms with Gasteiger partial charge in [0, 0.05) is 0 Å². The van der Waals surface area contributed by atoms with E-state index < -0.39 is 0 Å². The van der Waals surface area contributed by atoms with Gasteiger partial charge in [-0.1, -0.05) is 50.1 Å². The zero-order chi connectivity index (χ0) is 9.36. The Kier molecular flexibility index (Phi) is 5.27. The van der Waals surface area contributed by atoms with Crippen molar-refractivity contribution in [1.82, 2.24) is 5.32 Å².